The molecule has 7 heteroatoms. The van der Waals surface area contributed by atoms with E-state index in [4.69, 9.17) is 0 Å². The highest BCUT2D eigenvalue weighted by Crippen LogP contribution is 2.17. The summed E-state index contributed by atoms with van der Waals surface area (Å²) in [4.78, 5) is 4.15. The molecule has 0 aromatic carbocycles. The van der Waals surface area contributed by atoms with Gasteiger partial charge < -0.3 is 5.32 Å². The van der Waals surface area contributed by atoms with E-state index in [0.717, 1.165) is 6.26 Å². The van der Waals surface area contributed by atoms with E-state index < -0.39 is 20.6 Å². The second-order valence-electron chi connectivity index (χ2n) is 3.81. The van der Waals surface area contributed by atoms with Crippen LogP contribution in [0.1, 0.15) is 6.92 Å². The van der Waals surface area contributed by atoms with Gasteiger partial charge in [-0.2, -0.15) is 0 Å². The molecular weight excluding hydrogens is 260 g/mol. The van der Waals surface area contributed by atoms with Crippen LogP contribution in [0.2, 0.25) is 0 Å². The van der Waals surface area contributed by atoms with Crippen LogP contribution >= 0.6 is 0 Å². The van der Waals surface area contributed by atoms with E-state index in [2.05, 4.69) is 10.3 Å². The summed E-state index contributed by atoms with van der Waals surface area (Å²) >= 11 is 0. The molecule has 0 spiro atoms. The summed E-state index contributed by atoms with van der Waals surface area (Å²) in [7, 11) is -4.25. The first-order valence-electron chi connectivity index (χ1n) is 5.03. The number of hydrogen-bond acceptors (Lipinski definition) is 5. The summed E-state index contributed by atoms with van der Waals surface area (Å²) in [6, 6.07) is 3.07. The van der Waals surface area contributed by atoms with Crippen molar-refractivity contribution in [2.24, 2.45) is 0 Å². The van der Waals surface area contributed by atoms with Crippen LogP contribution in [-0.4, -0.2) is 41.9 Å². The molecule has 17 heavy (non-hydrogen) atoms. The van der Waals surface area contributed by atoms with Crippen LogP contribution < -0.4 is 5.32 Å². The predicted octanol–water partition coefficient (Wildman–Crippen LogP) is 0.664. The highest BCUT2D eigenvalue weighted by Gasteiger charge is 2.14. The monoisotopic (exact) mass is 276 g/mol. The van der Waals surface area contributed by atoms with Crippen LogP contribution in [-0.2, 0) is 20.6 Å². The number of aromatic nitrogens is 1. The third-order valence-electron chi connectivity index (χ3n) is 2.29. The van der Waals surface area contributed by atoms with Gasteiger partial charge in [0, 0.05) is 41.3 Å². The van der Waals surface area contributed by atoms with Crippen molar-refractivity contribution in [3.05, 3.63) is 18.3 Å². The summed E-state index contributed by atoms with van der Waals surface area (Å²) in [6.45, 7) is 2.24. The van der Waals surface area contributed by atoms with Gasteiger partial charge in [0.05, 0.1) is 0 Å². The highest BCUT2D eigenvalue weighted by atomic mass is 32.2. The molecule has 2 unspecified atom stereocenters. The van der Waals surface area contributed by atoms with Crippen molar-refractivity contribution in [1.82, 2.24) is 4.98 Å². The lowest BCUT2D eigenvalue weighted by molar-refractivity contribution is 0.601. The second kappa shape index (κ2) is 5.59. The largest absolute Gasteiger partial charge is 0.368 e. The van der Waals surface area contributed by atoms with E-state index in [-0.39, 0.29) is 10.1 Å². The van der Waals surface area contributed by atoms with Gasteiger partial charge in [0.15, 0.2) is 9.84 Å². The molecule has 1 aromatic rings. The smallest absolute Gasteiger partial charge is 0.179 e. The molecule has 0 aliphatic heterocycles. The zero-order valence-corrected chi connectivity index (χ0v) is 11.6. The normalized spacial score (nSPS) is 15.2. The fourth-order valence-corrected chi connectivity index (χ4v) is 2.30. The van der Waals surface area contributed by atoms with Crippen LogP contribution in [0.5, 0.6) is 0 Å². The minimum Gasteiger partial charge on any atom is -0.368 e. The molecule has 96 valence electrons. The van der Waals surface area contributed by atoms with Crippen molar-refractivity contribution in [1.29, 1.82) is 0 Å². The summed E-state index contributed by atoms with van der Waals surface area (Å²) in [5.74, 6) is 0.312. The van der Waals surface area contributed by atoms with Gasteiger partial charge in [-0.15, -0.1) is 0 Å². The lowest BCUT2D eigenvalue weighted by atomic mass is 10.4. The van der Waals surface area contributed by atoms with Gasteiger partial charge in [-0.1, -0.05) is 0 Å². The maximum atomic E-state index is 11.5. The van der Waals surface area contributed by atoms with Crippen molar-refractivity contribution in [2.75, 3.05) is 24.4 Å². The van der Waals surface area contributed by atoms with Crippen LogP contribution in [0.25, 0.3) is 0 Å². The van der Waals surface area contributed by atoms with E-state index >= 15 is 0 Å². The van der Waals surface area contributed by atoms with E-state index in [9.17, 15) is 12.6 Å². The zero-order chi connectivity index (χ0) is 13.1. The minimum atomic E-state index is -3.30. The fourth-order valence-electron chi connectivity index (χ4n) is 1.18. The molecule has 1 rings (SSSR count). The van der Waals surface area contributed by atoms with Gasteiger partial charge in [0.25, 0.3) is 0 Å². The summed E-state index contributed by atoms with van der Waals surface area (Å²) in [6.07, 6.45) is 4.27. The van der Waals surface area contributed by atoms with Crippen LogP contribution in [0.15, 0.2) is 23.2 Å². The summed E-state index contributed by atoms with van der Waals surface area (Å²) < 4.78 is 34.2. The van der Waals surface area contributed by atoms with E-state index in [1.807, 2.05) is 6.92 Å². The third kappa shape index (κ3) is 4.08. The fraction of sp³-hybridized carbons (Fsp3) is 0.500. The Morgan fingerprint density at radius 2 is 2.18 bits per heavy atom. The lowest BCUT2D eigenvalue weighted by Gasteiger charge is -2.12. The first-order valence-corrected chi connectivity index (χ1v) is 8.55. The number of nitrogens with one attached hydrogen (secondary N) is 1. The standard InChI is InChI=1S/C10H16N2O3S2/c1-8(16(2)13)7-12-10-9(17(3,14)15)5-4-6-11-10/h4-6,8H,7H2,1-3H3,(H,11,12). The molecule has 1 heterocycles. The quantitative estimate of drug-likeness (QED) is 0.855. The third-order valence-corrected chi connectivity index (χ3v) is 4.72. The Balaban J connectivity index is 2.89. The maximum absolute atomic E-state index is 11.5. The molecule has 0 amide bonds. The molecule has 1 N–H and O–H groups in total. The molecule has 0 aliphatic carbocycles. The number of sulfone groups is 1. The number of hydrogen-bond donors (Lipinski definition) is 1. The highest BCUT2D eigenvalue weighted by molar-refractivity contribution is 7.90. The van der Waals surface area contributed by atoms with E-state index in [1.165, 1.54) is 12.3 Å². The SMILES string of the molecule is CC(CNc1ncccc1S(C)(=O)=O)S(C)=O. The van der Waals surface area contributed by atoms with Gasteiger partial charge in [0.2, 0.25) is 0 Å². The van der Waals surface area contributed by atoms with Crippen LogP contribution in [0, 0.1) is 0 Å². The number of rotatable bonds is 5. The predicted molar refractivity (Wildman–Crippen MR) is 69.4 cm³/mol. The summed E-state index contributed by atoms with van der Waals surface area (Å²) in [5.41, 5.74) is 0. The topological polar surface area (TPSA) is 76.1 Å². The minimum absolute atomic E-state index is 0.0654. The van der Waals surface area contributed by atoms with E-state index in [0.29, 0.717) is 12.4 Å². The number of pyridine rings is 1. The number of anilines is 1. The maximum Gasteiger partial charge on any atom is 0.179 e. The lowest BCUT2D eigenvalue weighted by Crippen LogP contribution is -2.22. The van der Waals surface area contributed by atoms with E-state index in [1.54, 1.807) is 12.3 Å². The van der Waals surface area contributed by atoms with Crippen molar-refractivity contribution in [2.45, 2.75) is 17.1 Å². The molecule has 2 atom stereocenters. The van der Waals surface area contributed by atoms with Crippen molar-refractivity contribution in [3.8, 4) is 0 Å². The molecule has 0 fully saturated rings. The Labute approximate surface area is 104 Å². The Kier molecular flexibility index (Phi) is 4.64. The average Bonchev–Trinajstić information content (AvgIpc) is 2.24. The Morgan fingerprint density at radius 1 is 1.53 bits per heavy atom. The molecular formula is C10H16N2O3S2. The van der Waals surface area contributed by atoms with Gasteiger partial charge in [0.1, 0.15) is 10.7 Å². The first-order chi connectivity index (χ1) is 7.82. The molecule has 0 saturated carbocycles. The molecule has 5 nitrogen and oxygen atoms in total. The van der Waals surface area contributed by atoms with Gasteiger partial charge in [-0.25, -0.2) is 13.4 Å². The molecule has 0 saturated heterocycles. The Morgan fingerprint density at radius 3 is 2.71 bits per heavy atom. The zero-order valence-electron chi connectivity index (χ0n) is 10.0. The van der Waals surface area contributed by atoms with Gasteiger partial charge >= 0.3 is 0 Å². The van der Waals surface area contributed by atoms with Crippen molar-refractivity contribution in [3.63, 3.8) is 0 Å². The molecule has 0 aliphatic rings. The van der Waals surface area contributed by atoms with Crippen molar-refractivity contribution < 1.29 is 12.6 Å². The second-order valence-corrected chi connectivity index (χ2v) is 7.60. The Bertz CT molecular complexity index is 514. The average molecular weight is 276 g/mol. The molecule has 0 radical (unpaired) electrons. The first kappa shape index (κ1) is 14.1. The summed E-state index contributed by atoms with van der Waals surface area (Å²) in [5, 5.41) is 2.85. The van der Waals surface area contributed by atoms with Crippen molar-refractivity contribution >= 4 is 26.5 Å². The van der Waals surface area contributed by atoms with Gasteiger partial charge in [-0.05, 0) is 19.1 Å². The Hall–Kier alpha value is -0.950. The number of nitrogens with zero attached hydrogens (tertiary/aromatic N) is 1. The molecule has 0 bridgehead atoms. The van der Waals surface area contributed by atoms with Gasteiger partial charge in [-0.3, -0.25) is 4.21 Å². The van der Waals surface area contributed by atoms with Crippen LogP contribution in [0.4, 0.5) is 5.82 Å². The molecule has 1 aromatic heterocycles. The van der Waals surface area contributed by atoms with Crippen LogP contribution in [0.3, 0.4) is 0 Å².